The highest BCUT2D eigenvalue weighted by molar-refractivity contribution is 7.91. The molecule has 32 heavy (non-hydrogen) atoms. The van der Waals surface area contributed by atoms with Gasteiger partial charge in [-0.15, -0.1) is 0 Å². The fourth-order valence-electron chi connectivity index (χ4n) is 4.29. The van der Waals surface area contributed by atoms with Crippen LogP contribution in [0, 0.1) is 0 Å². The van der Waals surface area contributed by atoms with Crippen LogP contribution in [0.15, 0.2) is 88.3 Å². The van der Waals surface area contributed by atoms with E-state index in [4.69, 9.17) is 4.52 Å². The van der Waals surface area contributed by atoms with E-state index in [1.165, 1.54) is 0 Å². The van der Waals surface area contributed by atoms with Gasteiger partial charge in [0, 0.05) is 23.7 Å². The van der Waals surface area contributed by atoms with Crippen LogP contribution in [-0.2, 0) is 9.84 Å². The smallest absolute Gasteiger partial charge is 0.254 e. The van der Waals surface area contributed by atoms with Gasteiger partial charge < -0.3 is 9.42 Å². The Bertz CT molecular complexity index is 1370. The summed E-state index contributed by atoms with van der Waals surface area (Å²) in [6, 6.07) is 23.0. The van der Waals surface area contributed by atoms with E-state index >= 15 is 0 Å². The SMILES string of the molecule is O=C(c1ccc2noc(-c3ccccc3)c2c1)N1CCCC1CS(=O)(=O)c1ccccc1. The van der Waals surface area contributed by atoms with Crippen LogP contribution in [0.4, 0.5) is 0 Å². The molecule has 1 atom stereocenters. The number of benzene rings is 3. The highest BCUT2D eigenvalue weighted by atomic mass is 32.2. The Morgan fingerprint density at radius 3 is 2.47 bits per heavy atom. The lowest BCUT2D eigenvalue weighted by atomic mass is 10.1. The van der Waals surface area contributed by atoms with Gasteiger partial charge in [-0.05, 0) is 43.2 Å². The summed E-state index contributed by atoms with van der Waals surface area (Å²) in [6.07, 6.45) is 1.45. The maximum absolute atomic E-state index is 13.4. The minimum atomic E-state index is -3.48. The number of rotatable bonds is 5. The van der Waals surface area contributed by atoms with Crippen LogP contribution in [0.1, 0.15) is 23.2 Å². The third-order valence-electron chi connectivity index (χ3n) is 5.91. The molecule has 1 saturated heterocycles. The average molecular weight is 447 g/mol. The van der Waals surface area contributed by atoms with Crippen molar-refractivity contribution < 1.29 is 17.7 Å². The minimum absolute atomic E-state index is 0.0759. The van der Waals surface area contributed by atoms with Crippen molar-refractivity contribution in [1.82, 2.24) is 10.1 Å². The molecule has 1 aromatic heterocycles. The topological polar surface area (TPSA) is 80.5 Å². The van der Waals surface area contributed by atoms with E-state index in [0.717, 1.165) is 17.4 Å². The van der Waals surface area contributed by atoms with Gasteiger partial charge in [0.1, 0.15) is 5.52 Å². The molecular weight excluding hydrogens is 424 g/mol. The number of nitrogens with zero attached hydrogens (tertiary/aromatic N) is 2. The van der Waals surface area contributed by atoms with Crippen molar-refractivity contribution in [2.24, 2.45) is 0 Å². The fraction of sp³-hybridized carbons (Fsp3) is 0.200. The highest BCUT2D eigenvalue weighted by Crippen LogP contribution is 2.30. The molecule has 0 spiro atoms. The Labute approximate surface area is 186 Å². The van der Waals surface area contributed by atoms with Gasteiger partial charge in [0.15, 0.2) is 15.6 Å². The molecule has 1 fully saturated rings. The summed E-state index contributed by atoms with van der Waals surface area (Å²) >= 11 is 0. The van der Waals surface area contributed by atoms with Crippen LogP contribution in [0.3, 0.4) is 0 Å². The van der Waals surface area contributed by atoms with Gasteiger partial charge in [-0.25, -0.2) is 8.42 Å². The molecule has 1 amide bonds. The summed E-state index contributed by atoms with van der Waals surface area (Å²) < 4.78 is 31.3. The second kappa shape index (κ2) is 8.24. The fourth-order valence-corrected chi connectivity index (χ4v) is 5.91. The molecule has 2 heterocycles. The van der Waals surface area contributed by atoms with E-state index in [1.54, 1.807) is 53.4 Å². The zero-order chi connectivity index (χ0) is 22.1. The Morgan fingerprint density at radius 2 is 1.72 bits per heavy atom. The maximum atomic E-state index is 13.4. The summed E-state index contributed by atoms with van der Waals surface area (Å²) in [4.78, 5) is 15.4. The Hall–Kier alpha value is -3.45. The van der Waals surface area contributed by atoms with E-state index in [2.05, 4.69) is 5.16 Å². The third kappa shape index (κ3) is 3.80. The lowest BCUT2D eigenvalue weighted by molar-refractivity contribution is 0.0749. The molecule has 3 aromatic carbocycles. The molecule has 5 rings (SSSR count). The van der Waals surface area contributed by atoms with Gasteiger partial charge in [0.25, 0.3) is 5.91 Å². The van der Waals surface area contributed by atoms with Crippen molar-refractivity contribution in [3.8, 4) is 11.3 Å². The molecule has 0 radical (unpaired) electrons. The van der Waals surface area contributed by atoms with Gasteiger partial charge in [-0.1, -0.05) is 53.7 Å². The molecule has 162 valence electrons. The molecule has 0 saturated carbocycles. The Morgan fingerprint density at radius 1 is 1.00 bits per heavy atom. The van der Waals surface area contributed by atoms with E-state index in [-0.39, 0.29) is 22.6 Å². The molecule has 1 aliphatic heterocycles. The lowest BCUT2D eigenvalue weighted by Gasteiger charge is -2.24. The molecule has 1 aliphatic rings. The molecule has 0 N–H and O–H groups in total. The summed E-state index contributed by atoms with van der Waals surface area (Å²) in [6.45, 7) is 0.543. The van der Waals surface area contributed by atoms with Crippen molar-refractivity contribution in [2.75, 3.05) is 12.3 Å². The quantitative estimate of drug-likeness (QED) is 0.449. The third-order valence-corrected chi connectivity index (χ3v) is 7.73. The van der Waals surface area contributed by atoms with Crippen LogP contribution in [-0.4, -0.2) is 42.7 Å². The molecule has 4 aromatic rings. The highest BCUT2D eigenvalue weighted by Gasteiger charge is 2.33. The maximum Gasteiger partial charge on any atom is 0.254 e. The number of fused-ring (bicyclic) bond motifs is 1. The number of likely N-dealkylation sites (tertiary alicyclic amines) is 1. The lowest BCUT2D eigenvalue weighted by Crippen LogP contribution is -2.39. The van der Waals surface area contributed by atoms with Crippen molar-refractivity contribution in [2.45, 2.75) is 23.8 Å². The predicted molar refractivity (Wildman–Crippen MR) is 122 cm³/mol. The monoisotopic (exact) mass is 446 g/mol. The van der Waals surface area contributed by atoms with Gasteiger partial charge in [0.05, 0.1) is 16.0 Å². The van der Waals surface area contributed by atoms with E-state index in [1.807, 2.05) is 30.3 Å². The molecular formula is C25H22N2O4S. The molecule has 6 nitrogen and oxygen atoms in total. The molecule has 0 bridgehead atoms. The number of carbonyl (C=O) groups is 1. The van der Waals surface area contributed by atoms with Gasteiger partial charge in [-0.3, -0.25) is 4.79 Å². The first-order valence-electron chi connectivity index (χ1n) is 10.6. The van der Waals surface area contributed by atoms with E-state index < -0.39 is 9.84 Å². The first-order chi connectivity index (χ1) is 15.5. The van der Waals surface area contributed by atoms with E-state index in [9.17, 15) is 13.2 Å². The Balaban J connectivity index is 1.43. The predicted octanol–water partition coefficient (Wildman–Crippen LogP) is 4.57. The molecule has 1 unspecified atom stereocenters. The van der Waals surface area contributed by atoms with Gasteiger partial charge in [0.2, 0.25) is 0 Å². The number of hydrogen-bond acceptors (Lipinski definition) is 5. The van der Waals surface area contributed by atoms with Crippen LogP contribution in [0.25, 0.3) is 22.2 Å². The number of sulfone groups is 1. The van der Waals surface area contributed by atoms with Crippen molar-refractivity contribution in [3.05, 3.63) is 84.4 Å². The number of hydrogen-bond donors (Lipinski definition) is 0. The first kappa shape index (κ1) is 20.5. The van der Waals surface area contributed by atoms with Crippen molar-refractivity contribution >= 4 is 26.6 Å². The minimum Gasteiger partial charge on any atom is -0.355 e. The van der Waals surface area contributed by atoms with Gasteiger partial charge >= 0.3 is 0 Å². The second-order valence-corrected chi connectivity index (χ2v) is 10.0. The summed E-state index contributed by atoms with van der Waals surface area (Å²) in [5.41, 5.74) is 2.06. The number of amides is 1. The number of carbonyl (C=O) groups excluding carboxylic acids is 1. The van der Waals surface area contributed by atoms with Crippen LogP contribution < -0.4 is 0 Å². The van der Waals surface area contributed by atoms with E-state index in [0.29, 0.717) is 29.8 Å². The van der Waals surface area contributed by atoms with Crippen molar-refractivity contribution in [3.63, 3.8) is 0 Å². The summed E-state index contributed by atoms with van der Waals surface area (Å²) in [5, 5.41) is 4.87. The van der Waals surface area contributed by atoms with Crippen LogP contribution >= 0.6 is 0 Å². The summed E-state index contributed by atoms with van der Waals surface area (Å²) in [5.74, 6) is 0.366. The van der Waals surface area contributed by atoms with Crippen molar-refractivity contribution in [1.29, 1.82) is 0 Å². The second-order valence-electron chi connectivity index (χ2n) is 8.00. The zero-order valence-corrected chi connectivity index (χ0v) is 18.2. The molecule has 0 aliphatic carbocycles. The largest absolute Gasteiger partial charge is 0.355 e. The zero-order valence-electron chi connectivity index (χ0n) is 17.3. The average Bonchev–Trinajstić information content (AvgIpc) is 3.46. The number of aromatic nitrogens is 1. The van der Waals surface area contributed by atoms with Crippen LogP contribution in [0.2, 0.25) is 0 Å². The standard InChI is InChI=1S/C25H22N2O4S/c28-25(27-15-7-10-20(27)17-32(29,30)21-11-5-2-6-12-21)19-13-14-23-22(16-19)24(31-26-23)18-8-3-1-4-9-18/h1-6,8-9,11-14,16,20H,7,10,15,17H2. The van der Waals surface area contributed by atoms with Crippen LogP contribution in [0.5, 0.6) is 0 Å². The van der Waals surface area contributed by atoms with Gasteiger partial charge in [-0.2, -0.15) is 0 Å². The summed E-state index contributed by atoms with van der Waals surface area (Å²) in [7, 11) is -3.48. The first-order valence-corrected chi connectivity index (χ1v) is 12.2. The Kier molecular flexibility index (Phi) is 5.27. The normalized spacial score (nSPS) is 16.5. The molecule has 7 heteroatoms.